The lowest BCUT2D eigenvalue weighted by Gasteiger charge is -2.03. The summed E-state index contributed by atoms with van der Waals surface area (Å²) in [5.41, 5.74) is 0.763. The molecule has 0 radical (unpaired) electrons. The van der Waals surface area contributed by atoms with Crippen molar-refractivity contribution in [2.45, 2.75) is 25.7 Å². The van der Waals surface area contributed by atoms with Crippen molar-refractivity contribution < 1.29 is 19.1 Å². The lowest BCUT2D eigenvalue weighted by molar-refractivity contribution is -0.137. The molecular formula is C14H15BrN2O4. The third-order valence-electron chi connectivity index (χ3n) is 2.90. The first-order valence-corrected chi connectivity index (χ1v) is 7.27. The number of carboxylic acid groups (broad SMARTS) is 1. The number of carboxylic acids is 1. The first kappa shape index (κ1) is 15.5. The van der Waals surface area contributed by atoms with Crippen LogP contribution in [0.2, 0.25) is 0 Å². The van der Waals surface area contributed by atoms with Crippen molar-refractivity contribution in [1.29, 1.82) is 0 Å². The van der Waals surface area contributed by atoms with Crippen molar-refractivity contribution in [3.63, 3.8) is 0 Å². The first-order valence-electron chi connectivity index (χ1n) is 6.48. The van der Waals surface area contributed by atoms with Crippen molar-refractivity contribution >= 4 is 21.9 Å². The Bertz CT molecular complexity index is 627. The lowest BCUT2D eigenvalue weighted by atomic mass is 10.2. The van der Waals surface area contributed by atoms with Crippen LogP contribution in [-0.2, 0) is 11.2 Å². The van der Waals surface area contributed by atoms with Gasteiger partial charge < -0.3 is 14.3 Å². The van der Waals surface area contributed by atoms with Gasteiger partial charge in [0.25, 0.3) is 0 Å². The number of aryl methyl sites for hydroxylation is 1. The highest BCUT2D eigenvalue weighted by atomic mass is 79.9. The van der Waals surface area contributed by atoms with Crippen LogP contribution in [0.3, 0.4) is 0 Å². The maximum Gasteiger partial charge on any atom is 0.303 e. The Labute approximate surface area is 130 Å². The van der Waals surface area contributed by atoms with Crippen molar-refractivity contribution in [1.82, 2.24) is 10.2 Å². The van der Waals surface area contributed by atoms with Crippen molar-refractivity contribution in [2.75, 3.05) is 7.11 Å². The standard InChI is InChI=1S/C14H15BrN2O4/c1-20-9-6-7-11(15)10(8-9)14-17-16-12(21-14)4-2-3-5-13(18)19/h6-8H,2-5H2,1H3,(H,18,19). The van der Waals surface area contributed by atoms with Crippen LogP contribution in [0, 0.1) is 0 Å². The second-order valence-electron chi connectivity index (χ2n) is 4.45. The van der Waals surface area contributed by atoms with E-state index in [1.807, 2.05) is 18.2 Å². The van der Waals surface area contributed by atoms with Gasteiger partial charge in [0.1, 0.15) is 5.75 Å². The summed E-state index contributed by atoms with van der Waals surface area (Å²) in [4.78, 5) is 10.4. The normalized spacial score (nSPS) is 10.6. The van der Waals surface area contributed by atoms with Gasteiger partial charge in [-0.05, 0) is 47.0 Å². The highest BCUT2D eigenvalue weighted by molar-refractivity contribution is 9.10. The zero-order valence-electron chi connectivity index (χ0n) is 11.5. The van der Waals surface area contributed by atoms with E-state index in [2.05, 4.69) is 26.1 Å². The van der Waals surface area contributed by atoms with Gasteiger partial charge in [0.05, 0.1) is 12.7 Å². The summed E-state index contributed by atoms with van der Waals surface area (Å²) in [7, 11) is 1.59. The highest BCUT2D eigenvalue weighted by Crippen LogP contribution is 2.31. The number of unbranched alkanes of at least 4 members (excludes halogenated alkanes) is 1. The van der Waals surface area contributed by atoms with Crippen molar-refractivity contribution in [3.8, 4) is 17.2 Å². The summed E-state index contributed by atoms with van der Waals surface area (Å²) in [6.45, 7) is 0. The van der Waals surface area contributed by atoms with E-state index < -0.39 is 5.97 Å². The summed E-state index contributed by atoms with van der Waals surface area (Å²) in [5.74, 6) is 0.829. The molecule has 0 atom stereocenters. The molecule has 21 heavy (non-hydrogen) atoms. The third kappa shape index (κ3) is 4.29. The minimum Gasteiger partial charge on any atom is -0.497 e. The summed E-state index contributed by atoms with van der Waals surface area (Å²) in [6, 6.07) is 5.49. The number of nitrogens with zero attached hydrogens (tertiary/aromatic N) is 2. The van der Waals surface area contributed by atoms with Crippen LogP contribution in [0.1, 0.15) is 25.2 Å². The van der Waals surface area contributed by atoms with Crippen LogP contribution in [0.5, 0.6) is 5.75 Å². The number of aliphatic carboxylic acids is 1. The largest absolute Gasteiger partial charge is 0.497 e. The van der Waals surface area contributed by atoms with Gasteiger partial charge in [-0.2, -0.15) is 0 Å². The average molecular weight is 355 g/mol. The molecule has 0 fully saturated rings. The van der Waals surface area contributed by atoms with Gasteiger partial charge in [0.15, 0.2) is 0 Å². The van der Waals surface area contributed by atoms with Gasteiger partial charge in [-0.3, -0.25) is 4.79 Å². The Balaban J connectivity index is 2.04. The van der Waals surface area contributed by atoms with Gasteiger partial charge in [0.2, 0.25) is 11.8 Å². The molecule has 0 spiro atoms. The van der Waals surface area contributed by atoms with E-state index in [1.165, 1.54) is 0 Å². The topological polar surface area (TPSA) is 85.5 Å². The van der Waals surface area contributed by atoms with Crippen LogP contribution in [-0.4, -0.2) is 28.4 Å². The molecule has 0 aliphatic carbocycles. The summed E-state index contributed by atoms with van der Waals surface area (Å²) in [6.07, 6.45) is 2.02. The Kier molecular flexibility index (Phi) is 5.32. The molecule has 0 saturated carbocycles. The predicted octanol–water partition coefficient (Wildman–Crippen LogP) is 3.31. The van der Waals surface area contributed by atoms with Gasteiger partial charge >= 0.3 is 5.97 Å². The molecule has 0 bridgehead atoms. The lowest BCUT2D eigenvalue weighted by Crippen LogP contribution is -1.95. The molecule has 1 heterocycles. The zero-order chi connectivity index (χ0) is 15.2. The number of rotatable bonds is 7. The maximum absolute atomic E-state index is 10.4. The Morgan fingerprint density at radius 3 is 2.90 bits per heavy atom. The molecule has 0 amide bonds. The summed E-state index contributed by atoms with van der Waals surface area (Å²) in [5, 5.41) is 16.6. The maximum atomic E-state index is 10.4. The SMILES string of the molecule is COc1ccc(Br)c(-c2nnc(CCCCC(=O)O)o2)c1. The van der Waals surface area contributed by atoms with Crippen LogP contribution in [0.15, 0.2) is 27.1 Å². The number of halogens is 1. The molecule has 2 rings (SSSR count). The number of aromatic nitrogens is 2. The number of methoxy groups -OCH3 is 1. The number of hydrogen-bond donors (Lipinski definition) is 1. The Morgan fingerprint density at radius 1 is 1.38 bits per heavy atom. The quantitative estimate of drug-likeness (QED) is 0.767. The van der Waals surface area contributed by atoms with Gasteiger partial charge in [-0.25, -0.2) is 0 Å². The van der Waals surface area contributed by atoms with Gasteiger partial charge in [-0.15, -0.1) is 10.2 Å². The molecule has 0 saturated heterocycles. The van der Waals surface area contributed by atoms with Crippen LogP contribution < -0.4 is 4.74 Å². The highest BCUT2D eigenvalue weighted by Gasteiger charge is 2.13. The number of hydrogen-bond acceptors (Lipinski definition) is 5. The fourth-order valence-corrected chi connectivity index (χ4v) is 2.23. The molecule has 0 aliphatic rings. The molecule has 0 aliphatic heterocycles. The number of ether oxygens (including phenoxy) is 1. The average Bonchev–Trinajstić information content (AvgIpc) is 2.92. The molecule has 7 heteroatoms. The number of carbonyl (C=O) groups is 1. The van der Waals surface area contributed by atoms with Crippen LogP contribution >= 0.6 is 15.9 Å². The molecule has 0 unspecified atom stereocenters. The van der Waals surface area contributed by atoms with Gasteiger partial charge in [-0.1, -0.05) is 0 Å². The molecule has 1 aromatic heterocycles. The molecule has 1 N–H and O–H groups in total. The molecular weight excluding hydrogens is 340 g/mol. The van der Waals surface area contributed by atoms with E-state index in [-0.39, 0.29) is 6.42 Å². The second kappa shape index (κ2) is 7.21. The summed E-state index contributed by atoms with van der Waals surface area (Å²) >= 11 is 3.44. The van der Waals surface area contributed by atoms with E-state index >= 15 is 0 Å². The summed E-state index contributed by atoms with van der Waals surface area (Å²) < 4.78 is 11.6. The zero-order valence-corrected chi connectivity index (χ0v) is 13.1. The monoisotopic (exact) mass is 354 g/mol. The fraction of sp³-hybridized carbons (Fsp3) is 0.357. The van der Waals surface area contributed by atoms with E-state index in [4.69, 9.17) is 14.3 Å². The van der Waals surface area contributed by atoms with Crippen LogP contribution in [0.25, 0.3) is 11.5 Å². The molecule has 6 nitrogen and oxygen atoms in total. The molecule has 1 aromatic carbocycles. The third-order valence-corrected chi connectivity index (χ3v) is 3.59. The minimum absolute atomic E-state index is 0.155. The predicted molar refractivity (Wildman–Crippen MR) is 79.2 cm³/mol. The van der Waals surface area contributed by atoms with E-state index in [1.54, 1.807) is 7.11 Å². The fourth-order valence-electron chi connectivity index (χ4n) is 1.81. The smallest absolute Gasteiger partial charge is 0.303 e. The Morgan fingerprint density at radius 2 is 2.19 bits per heavy atom. The second-order valence-corrected chi connectivity index (χ2v) is 5.30. The molecule has 112 valence electrons. The van der Waals surface area contributed by atoms with E-state index in [0.29, 0.717) is 36.8 Å². The van der Waals surface area contributed by atoms with Crippen LogP contribution in [0.4, 0.5) is 0 Å². The van der Waals surface area contributed by atoms with Gasteiger partial charge in [0, 0.05) is 17.3 Å². The van der Waals surface area contributed by atoms with Crippen molar-refractivity contribution in [2.24, 2.45) is 0 Å². The minimum atomic E-state index is -0.790. The Hall–Kier alpha value is -1.89. The van der Waals surface area contributed by atoms with Crippen molar-refractivity contribution in [3.05, 3.63) is 28.6 Å². The van der Waals surface area contributed by atoms with E-state index in [0.717, 1.165) is 10.0 Å². The first-order chi connectivity index (χ1) is 10.1. The number of benzene rings is 1. The van der Waals surface area contributed by atoms with E-state index in [9.17, 15) is 4.79 Å². The molecule has 2 aromatic rings.